The molecule has 4 aliphatic carbocycles. The van der Waals surface area contributed by atoms with E-state index in [2.05, 4.69) is 27.7 Å². The van der Waals surface area contributed by atoms with E-state index in [9.17, 15) is 9.90 Å². The molecule has 0 spiro atoms. The van der Waals surface area contributed by atoms with Crippen LogP contribution in [0.25, 0.3) is 0 Å². The first kappa shape index (κ1) is 16.8. The van der Waals surface area contributed by atoms with Crippen molar-refractivity contribution in [3.05, 3.63) is 11.1 Å². The lowest BCUT2D eigenvalue weighted by Gasteiger charge is -2.59. The minimum atomic E-state index is -0.489. The van der Waals surface area contributed by atoms with Crippen molar-refractivity contribution in [2.45, 2.75) is 91.1 Å². The second-order valence-corrected chi connectivity index (χ2v) is 9.84. The lowest BCUT2D eigenvalue weighted by molar-refractivity contribution is -0.125. The number of carbonyl (C=O) groups excluding carboxylic acids is 1. The smallest absolute Gasteiger partial charge is 0.158 e. The van der Waals surface area contributed by atoms with E-state index in [-0.39, 0.29) is 10.8 Å². The number of hydrogen-bond acceptors (Lipinski definition) is 2. The van der Waals surface area contributed by atoms with Crippen molar-refractivity contribution in [2.75, 3.05) is 0 Å². The van der Waals surface area contributed by atoms with Crippen molar-refractivity contribution in [1.82, 2.24) is 0 Å². The molecule has 0 aliphatic heterocycles. The summed E-state index contributed by atoms with van der Waals surface area (Å²) in [5.41, 5.74) is 2.56. The summed E-state index contributed by atoms with van der Waals surface area (Å²) < 4.78 is 0. The number of hydrogen-bond donors (Lipinski definition) is 1. The Morgan fingerprint density at radius 2 is 1.71 bits per heavy atom. The Labute approximate surface area is 147 Å². The predicted octanol–water partition coefficient (Wildman–Crippen LogP) is 5.05. The highest BCUT2D eigenvalue weighted by Gasteiger charge is 2.62. The van der Waals surface area contributed by atoms with E-state index in [1.807, 2.05) is 0 Å². The lowest BCUT2D eigenvalue weighted by Crippen LogP contribution is -2.54. The largest absolute Gasteiger partial charge is 0.390 e. The van der Waals surface area contributed by atoms with Gasteiger partial charge in [0, 0.05) is 6.42 Å². The van der Waals surface area contributed by atoms with Crippen LogP contribution in [0.4, 0.5) is 0 Å². The maximum absolute atomic E-state index is 12.4. The zero-order valence-electron chi connectivity index (χ0n) is 16.0. The molecule has 2 nitrogen and oxygen atoms in total. The van der Waals surface area contributed by atoms with Crippen molar-refractivity contribution in [1.29, 1.82) is 0 Å². The third-order valence-corrected chi connectivity index (χ3v) is 9.16. The molecular weight excluding hydrogens is 296 g/mol. The highest BCUT2D eigenvalue weighted by molar-refractivity contribution is 5.97. The van der Waals surface area contributed by atoms with E-state index in [1.165, 1.54) is 30.4 Å². The van der Waals surface area contributed by atoms with Gasteiger partial charge >= 0.3 is 0 Å². The van der Waals surface area contributed by atoms with E-state index in [0.717, 1.165) is 50.4 Å². The van der Waals surface area contributed by atoms with Gasteiger partial charge in [-0.25, -0.2) is 0 Å². The van der Waals surface area contributed by atoms with E-state index in [4.69, 9.17) is 0 Å². The molecule has 4 rings (SSSR count). The first-order valence-electron chi connectivity index (χ1n) is 10.2. The van der Waals surface area contributed by atoms with Crippen molar-refractivity contribution in [3.8, 4) is 0 Å². The van der Waals surface area contributed by atoms with Crippen molar-refractivity contribution in [3.63, 3.8) is 0 Å². The van der Waals surface area contributed by atoms with Crippen LogP contribution in [0.1, 0.15) is 85.5 Å². The highest BCUT2D eigenvalue weighted by Crippen LogP contribution is 2.67. The molecule has 0 heterocycles. The number of aliphatic hydroxyl groups is 1. The van der Waals surface area contributed by atoms with Crippen molar-refractivity contribution < 1.29 is 9.90 Å². The Morgan fingerprint density at radius 1 is 1.00 bits per heavy atom. The topological polar surface area (TPSA) is 37.3 Å². The molecule has 4 aliphatic rings. The Hall–Kier alpha value is -0.630. The van der Waals surface area contributed by atoms with Crippen LogP contribution in [0.3, 0.4) is 0 Å². The third-order valence-electron chi connectivity index (χ3n) is 9.16. The summed E-state index contributed by atoms with van der Waals surface area (Å²) in [5.74, 6) is 2.57. The van der Waals surface area contributed by atoms with Gasteiger partial charge in [0.05, 0.1) is 5.60 Å². The second-order valence-electron chi connectivity index (χ2n) is 9.84. The van der Waals surface area contributed by atoms with Gasteiger partial charge in [0.25, 0.3) is 0 Å². The van der Waals surface area contributed by atoms with Gasteiger partial charge in [-0.05, 0) is 92.4 Å². The van der Waals surface area contributed by atoms with Gasteiger partial charge in [-0.2, -0.15) is 0 Å². The molecule has 0 bridgehead atoms. The van der Waals surface area contributed by atoms with Crippen LogP contribution >= 0.6 is 0 Å². The molecule has 24 heavy (non-hydrogen) atoms. The van der Waals surface area contributed by atoms with Gasteiger partial charge in [0.2, 0.25) is 0 Å². The average molecular weight is 331 g/mol. The normalized spacial score (nSPS) is 51.2. The van der Waals surface area contributed by atoms with Crippen LogP contribution in [0, 0.1) is 28.6 Å². The SMILES string of the molecule is CCC1=C2CCC3C(CCC4(C)C3CCC4(C)O)C2(C)CCC1=O. The fourth-order valence-corrected chi connectivity index (χ4v) is 7.48. The number of fused-ring (bicyclic) bond motifs is 5. The van der Waals surface area contributed by atoms with Gasteiger partial charge in [0.1, 0.15) is 0 Å². The van der Waals surface area contributed by atoms with E-state index >= 15 is 0 Å². The van der Waals surface area contributed by atoms with Crippen molar-refractivity contribution >= 4 is 5.78 Å². The van der Waals surface area contributed by atoms with Gasteiger partial charge in [0.15, 0.2) is 5.78 Å². The standard InChI is InChI=1S/C22H34O2/c1-5-14-16-7-6-15-17(20(16,2)11-10-19(14)23)8-12-21(3)18(15)9-13-22(21,4)24/h15,17-18,24H,5-13H2,1-4H3. The highest BCUT2D eigenvalue weighted by atomic mass is 16.3. The zero-order valence-corrected chi connectivity index (χ0v) is 16.0. The summed E-state index contributed by atoms with van der Waals surface area (Å²) in [5, 5.41) is 11.0. The summed E-state index contributed by atoms with van der Waals surface area (Å²) in [4.78, 5) is 12.4. The Kier molecular flexibility index (Phi) is 3.64. The second kappa shape index (κ2) is 5.19. The van der Waals surface area contributed by atoms with Gasteiger partial charge in [-0.15, -0.1) is 0 Å². The minimum Gasteiger partial charge on any atom is -0.390 e. The molecule has 0 radical (unpaired) electrons. The third kappa shape index (κ3) is 1.95. The minimum absolute atomic E-state index is 0.101. The molecule has 3 saturated carbocycles. The van der Waals surface area contributed by atoms with Gasteiger partial charge in [-0.3, -0.25) is 4.79 Å². The summed E-state index contributed by atoms with van der Waals surface area (Å²) >= 11 is 0. The molecule has 1 N–H and O–H groups in total. The van der Waals surface area contributed by atoms with E-state index in [1.54, 1.807) is 0 Å². The number of allylic oxidation sites excluding steroid dienone is 1. The van der Waals surface area contributed by atoms with Gasteiger partial charge < -0.3 is 5.11 Å². The maximum atomic E-state index is 12.4. The molecule has 0 saturated heterocycles. The van der Waals surface area contributed by atoms with Crippen LogP contribution in [-0.4, -0.2) is 16.5 Å². The van der Waals surface area contributed by atoms with E-state index in [0.29, 0.717) is 11.7 Å². The first-order valence-corrected chi connectivity index (χ1v) is 10.2. The number of rotatable bonds is 1. The monoisotopic (exact) mass is 330 g/mol. The number of ketones is 1. The molecule has 0 aromatic carbocycles. The fourth-order valence-electron chi connectivity index (χ4n) is 7.48. The molecule has 0 aromatic heterocycles. The first-order chi connectivity index (χ1) is 11.2. The summed E-state index contributed by atoms with van der Waals surface area (Å²) in [7, 11) is 0. The molecule has 3 fully saturated rings. The predicted molar refractivity (Wildman–Crippen MR) is 96.6 cm³/mol. The van der Waals surface area contributed by atoms with Crippen molar-refractivity contribution in [2.24, 2.45) is 28.6 Å². The summed E-state index contributed by atoms with van der Waals surface area (Å²) in [6.07, 6.45) is 9.65. The van der Waals surface area contributed by atoms with Crippen LogP contribution in [-0.2, 0) is 4.79 Å². The number of Topliss-reactive ketones (excluding diaryl/α,β-unsaturated/α-hetero) is 1. The molecule has 0 aromatic rings. The summed E-state index contributed by atoms with van der Waals surface area (Å²) in [6.45, 7) is 9.06. The molecule has 2 heteroatoms. The molecule has 0 amide bonds. The quantitative estimate of drug-likeness (QED) is 0.730. The van der Waals surface area contributed by atoms with E-state index < -0.39 is 5.60 Å². The Morgan fingerprint density at radius 3 is 2.42 bits per heavy atom. The fraction of sp³-hybridized carbons (Fsp3) is 0.864. The summed E-state index contributed by atoms with van der Waals surface area (Å²) in [6, 6.07) is 0. The van der Waals surface area contributed by atoms with Crippen LogP contribution in [0.15, 0.2) is 11.1 Å². The molecule has 134 valence electrons. The Bertz CT molecular complexity index is 601. The maximum Gasteiger partial charge on any atom is 0.158 e. The van der Waals surface area contributed by atoms with Gasteiger partial charge in [-0.1, -0.05) is 26.3 Å². The van der Waals surface area contributed by atoms with Crippen LogP contribution in [0.5, 0.6) is 0 Å². The average Bonchev–Trinajstić information content (AvgIpc) is 2.78. The van der Waals surface area contributed by atoms with Crippen LogP contribution < -0.4 is 0 Å². The Balaban J connectivity index is 1.73. The molecule has 6 unspecified atom stereocenters. The lowest BCUT2D eigenvalue weighted by atomic mass is 9.46. The molecule has 6 atom stereocenters. The molecular formula is C22H34O2. The van der Waals surface area contributed by atoms with Crippen LogP contribution in [0.2, 0.25) is 0 Å². The number of carbonyl (C=O) groups is 1. The zero-order chi connectivity index (χ0) is 17.3.